The van der Waals surface area contributed by atoms with E-state index in [2.05, 4.69) is 5.32 Å². The maximum atomic E-state index is 13.1. The Morgan fingerprint density at radius 3 is 2.57 bits per heavy atom. The molecule has 1 aliphatic heterocycles. The molecule has 0 spiro atoms. The Morgan fingerprint density at radius 1 is 1.23 bits per heavy atom. The quantitative estimate of drug-likeness (QED) is 0.748. The van der Waals surface area contributed by atoms with Crippen LogP contribution in [0.4, 0.5) is 11.4 Å². The highest BCUT2D eigenvalue weighted by molar-refractivity contribution is 6.31. The van der Waals surface area contributed by atoms with Gasteiger partial charge in [-0.2, -0.15) is 0 Å². The van der Waals surface area contributed by atoms with Gasteiger partial charge in [-0.3, -0.25) is 14.5 Å². The SMILES string of the molecule is COc1ccc(Cl)cc1NC(=O)C(C)N1C(=O)C(C)(C)Oc2cc(C(=O)O)ccc21. The van der Waals surface area contributed by atoms with Gasteiger partial charge in [-0.15, -0.1) is 0 Å². The average Bonchev–Trinajstić information content (AvgIpc) is 2.68. The molecule has 30 heavy (non-hydrogen) atoms. The van der Waals surface area contributed by atoms with Gasteiger partial charge >= 0.3 is 5.97 Å². The predicted molar refractivity (Wildman–Crippen MR) is 112 cm³/mol. The summed E-state index contributed by atoms with van der Waals surface area (Å²) in [6.45, 7) is 4.69. The van der Waals surface area contributed by atoms with E-state index in [1.165, 1.54) is 30.2 Å². The molecule has 0 aliphatic carbocycles. The van der Waals surface area contributed by atoms with E-state index < -0.39 is 29.4 Å². The van der Waals surface area contributed by atoms with Crippen LogP contribution in [0.1, 0.15) is 31.1 Å². The Kier molecular flexibility index (Phi) is 5.63. The Morgan fingerprint density at radius 2 is 1.93 bits per heavy atom. The minimum absolute atomic E-state index is 0.0135. The van der Waals surface area contributed by atoms with Gasteiger partial charge in [-0.25, -0.2) is 4.79 Å². The highest BCUT2D eigenvalue weighted by atomic mass is 35.5. The van der Waals surface area contributed by atoms with Crippen LogP contribution in [0.15, 0.2) is 36.4 Å². The van der Waals surface area contributed by atoms with Crippen molar-refractivity contribution in [2.45, 2.75) is 32.4 Å². The number of methoxy groups -OCH3 is 1. The molecule has 9 heteroatoms. The summed E-state index contributed by atoms with van der Waals surface area (Å²) in [4.78, 5) is 38.7. The number of anilines is 2. The Labute approximate surface area is 178 Å². The summed E-state index contributed by atoms with van der Waals surface area (Å²) in [5.41, 5.74) is -0.597. The van der Waals surface area contributed by atoms with E-state index in [0.717, 1.165) is 0 Å². The van der Waals surface area contributed by atoms with Gasteiger partial charge in [0.25, 0.3) is 5.91 Å². The molecule has 1 unspecified atom stereocenters. The van der Waals surface area contributed by atoms with E-state index in [1.807, 2.05) is 0 Å². The highest BCUT2D eigenvalue weighted by Crippen LogP contribution is 2.40. The number of carboxylic acids is 1. The van der Waals surface area contributed by atoms with Crippen molar-refractivity contribution in [3.8, 4) is 11.5 Å². The largest absolute Gasteiger partial charge is 0.495 e. The van der Waals surface area contributed by atoms with Crippen molar-refractivity contribution in [1.29, 1.82) is 0 Å². The number of hydrogen-bond donors (Lipinski definition) is 2. The third-order valence-corrected chi connectivity index (χ3v) is 4.99. The van der Waals surface area contributed by atoms with Crippen LogP contribution in [-0.4, -0.2) is 41.6 Å². The summed E-state index contributed by atoms with van der Waals surface area (Å²) >= 11 is 6.02. The summed E-state index contributed by atoms with van der Waals surface area (Å²) in [7, 11) is 1.46. The standard InChI is InChI=1S/C21H21ClN2O6/c1-11(18(25)23-14-10-13(22)6-8-16(14)29-4)24-15-7-5-12(19(26)27)9-17(15)30-21(2,3)20(24)28/h5-11H,1-4H3,(H,23,25)(H,26,27). The molecule has 2 aromatic rings. The van der Waals surface area contributed by atoms with Crippen LogP contribution >= 0.6 is 11.6 Å². The number of benzene rings is 2. The van der Waals surface area contributed by atoms with Gasteiger partial charge in [0.05, 0.1) is 24.0 Å². The van der Waals surface area contributed by atoms with Crippen molar-refractivity contribution in [3.05, 3.63) is 47.0 Å². The molecule has 2 N–H and O–H groups in total. The molecule has 158 valence electrons. The Hall–Kier alpha value is -3.26. The lowest BCUT2D eigenvalue weighted by Gasteiger charge is -2.41. The fourth-order valence-electron chi connectivity index (χ4n) is 3.16. The molecule has 0 saturated heterocycles. The van der Waals surface area contributed by atoms with Crippen molar-refractivity contribution in [3.63, 3.8) is 0 Å². The smallest absolute Gasteiger partial charge is 0.335 e. The molecule has 1 aliphatic rings. The molecule has 0 aromatic heterocycles. The van der Waals surface area contributed by atoms with E-state index in [9.17, 15) is 19.5 Å². The number of fused-ring (bicyclic) bond motifs is 1. The minimum Gasteiger partial charge on any atom is -0.495 e. The van der Waals surface area contributed by atoms with Gasteiger partial charge in [-0.05, 0) is 57.2 Å². The number of rotatable bonds is 5. The fraction of sp³-hybridized carbons (Fsp3) is 0.286. The molecule has 0 fully saturated rings. The van der Waals surface area contributed by atoms with Crippen molar-refractivity contribution in [1.82, 2.24) is 0 Å². The highest BCUT2D eigenvalue weighted by Gasteiger charge is 2.44. The summed E-state index contributed by atoms with van der Waals surface area (Å²) in [6, 6.07) is 8.01. The van der Waals surface area contributed by atoms with E-state index in [4.69, 9.17) is 21.1 Å². The first kappa shape index (κ1) is 21.4. The normalized spacial score (nSPS) is 15.6. The number of halogens is 1. The maximum Gasteiger partial charge on any atom is 0.335 e. The topological polar surface area (TPSA) is 105 Å². The van der Waals surface area contributed by atoms with E-state index in [1.54, 1.807) is 39.0 Å². The summed E-state index contributed by atoms with van der Waals surface area (Å²) in [6.07, 6.45) is 0. The molecular weight excluding hydrogens is 412 g/mol. The first-order chi connectivity index (χ1) is 14.0. The number of hydrogen-bond acceptors (Lipinski definition) is 5. The molecule has 0 radical (unpaired) electrons. The molecule has 1 atom stereocenters. The number of nitrogens with one attached hydrogen (secondary N) is 1. The number of carbonyl (C=O) groups is 3. The first-order valence-corrected chi connectivity index (χ1v) is 9.47. The van der Waals surface area contributed by atoms with Gasteiger partial charge in [0.1, 0.15) is 17.5 Å². The molecule has 8 nitrogen and oxygen atoms in total. The van der Waals surface area contributed by atoms with Gasteiger partial charge < -0.3 is 19.9 Å². The van der Waals surface area contributed by atoms with E-state index in [-0.39, 0.29) is 11.3 Å². The molecule has 0 saturated carbocycles. The van der Waals surface area contributed by atoms with Gasteiger partial charge in [-0.1, -0.05) is 11.6 Å². The van der Waals surface area contributed by atoms with Gasteiger partial charge in [0.15, 0.2) is 5.60 Å². The van der Waals surface area contributed by atoms with Crippen molar-refractivity contribution >= 4 is 40.8 Å². The Bertz CT molecular complexity index is 1040. The van der Waals surface area contributed by atoms with Gasteiger partial charge in [0, 0.05) is 5.02 Å². The number of aromatic carboxylic acids is 1. The third kappa shape index (κ3) is 3.91. The second-order valence-electron chi connectivity index (χ2n) is 7.29. The second kappa shape index (κ2) is 7.87. The average molecular weight is 433 g/mol. The van der Waals surface area contributed by atoms with Crippen molar-refractivity contribution in [2.24, 2.45) is 0 Å². The predicted octanol–water partition coefficient (Wildman–Crippen LogP) is 3.58. The number of amides is 2. The minimum atomic E-state index is -1.29. The van der Waals surface area contributed by atoms with Crippen LogP contribution in [0.5, 0.6) is 11.5 Å². The van der Waals surface area contributed by atoms with E-state index in [0.29, 0.717) is 22.1 Å². The van der Waals surface area contributed by atoms with Crippen molar-refractivity contribution in [2.75, 3.05) is 17.3 Å². The molecule has 1 heterocycles. The zero-order valence-electron chi connectivity index (χ0n) is 16.9. The lowest BCUT2D eigenvalue weighted by molar-refractivity contribution is -0.134. The zero-order valence-corrected chi connectivity index (χ0v) is 17.6. The maximum absolute atomic E-state index is 13.1. The monoisotopic (exact) mass is 432 g/mol. The molecule has 2 aromatic carbocycles. The van der Waals surface area contributed by atoms with Crippen molar-refractivity contribution < 1.29 is 29.0 Å². The summed E-state index contributed by atoms with van der Waals surface area (Å²) in [5.74, 6) is -1.41. The van der Waals surface area contributed by atoms with Gasteiger partial charge in [0.2, 0.25) is 5.91 Å². The van der Waals surface area contributed by atoms with Crippen LogP contribution in [-0.2, 0) is 9.59 Å². The lowest BCUT2D eigenvalue weighted by Crippen LogP contribution is -2.57. The second-order valence-corrected chi connectivity index (χ2v) is 7.72. The zero-order chi connectivity index (χ0) is 22.2. The van der Waals surface area contributed by atoms with Crippen LogP contribution in [0.25, 0.3) is 0 Å². The Balaban J connectivity index is 1.97. The molecule has 2 amide bonds. The van der Waals surface area contributed by atoms with Crippen LogP contribution in [0.2, 0.25) is 5.02 Å². The molecular formula is C21H21ClN2O6. The first-order valence-electron chi connectivity index (χ1n) is 9.09. The fourth-order valence-corrected chi connectivity index (χ4v) is 3.33. The van der Waals surface area contributed by atoms with Crippen LogP contribution in [0, 0.1) is 0 Å². The molecule has 0 bridgehead atoms. The number of ether oxygens (including phenoxy) is 2. The third-order valence-electron chi connectivity index (χ3n) is 4.75. The van der Waals surface area contributed by atoms with Crippen LogP contribution < -0.4 is 19.7 Å². The lowest BCUT2D eigenvalue weighted by atomic mass is 10.0. The summed E-state index contributed by atoms with van der Waals surface area (Å²) < 4.78 is 11.0. The number of carboxylic acid groups (broad SMARTS) is 1. The molecule has 3 rings (SSSR count). The summed E-state index contributed by atoms with van der Waals surface area (Å²) in [5, 5.41) is 12.4. The number of carbonyl (C=O) groups excluding carboxylic acids is 2. The van der Waals surface area contributed by atoms with E-state index >= 15 is 0 Å². The number of nitrogens with zero attached hydrogens (tertiary/aromatic N) is 1. The van der Waals surface area contributed by atoms with Crippen LogP contribution in [0.3, 0.4) is 0 Å².